The summed E-state index contributed by atoms with van der Waals surface area (Å²) in [5.74, 6) is 0. The molecule has 0 unspecified atom stereocenters. The summed E-state index contributed by atoms with van der Waals surface area (Å²) in [6.07, 6.45) is 6.79. The molecule has 2 rings (SSSR count). The van der Waals surface area contributed by atoms with Crippen LogP contribution in [0.3, 0.4) is 0 Å². The van der Waals surface area contributed by atoms with Crippen LogP contribution in [0.2, 0.25) is 0 Å². The first-order valence-electron chi connectivity index (χ1n) is 4.45. The normalized spacial score (nSPS) is 29.5. The van der Waals surface area contributed by atoms with E-state index in [4.69, 9.17) is 0 Å². The molecule has 0 radical (unpaired) electrons. The molecular weight excluding hydrogens is 152 g/mol. The molecule has 0 aliphatic heterocycles. The Balaban J connectivity index is 2.19. The van der Waals surface area contributed by atoms with Gasteiger partial charge in [-0.2, -0.15) is 0 Å². The molecule has 1 N–H and O–H groups in total. The molecule has 1 aliphatic rings. The molecule has 12 heavy (non-hydrogen) atoms. The Bertz CT molecular complexity index is 269. The lowest BCUT2D eigenvalue weighted by atomic mass is 10.2. The van der Waals surface area contributed by atoms with Crippen molar-refractivity contribution in [1.29, 1.82) is 0 Å². The average molecular weight is 166 g/mol. The molecule has 1 fully saturated rings. The topological polar surface area (TPSA) is 38.0 Å². The van der Waals surface area contributed by atoms with Crippen LogP contribution in [0.15, 0.2) is 12.5 Å². The summed E-state index contributed by atoms with van der Waals surface area (Å²) in [5.41, 5.74) is 1.02. The number of hydrogen-bond donors (Lipinski definition) is 1. The first-order chi connectivity index (χ1) is 5.77. The number of aryl methyl sites for hydroxylation is 1. The summed E-state index contributed by atoms with van der Waals surface area (Å²) < 4.78 is 2.03. The molecule has 3 nitrogen and oxygen atoms in total. The Labute approximate surface area is 72.0 Å². The molecule has 3 heteroatoms. The number of nitrogens with zero attached hydrogens (tertiary/aromatic N) is 2. The van der Waals surface area contributed by atoms with Crippen molar-refractivity contribution in [2.24, 2.45) is 0 Å². The van der Waals surface area contributed by atoms with Crippen LogP contribution in [0.4, 0.5) is 0 Å². The van der Waals surface area contributed by atoms with E-state index in [0.29, 0.717) is 0 Å². The van der Waals surface area contributed by atoms with Crippen LogP contribution < -0.4 is 0 Å². The highest BCUT2D eigenvalue weighted by Gasteiger charge is 2.26. The number of aliphatic hydroxyl groups is 1. The monoisotopic (exact) mass is 166 g/mol. The SMILES string of the molecule is Cc1cn([C@H]2CCC[C@@H]2O)cn1. The smallest absolute Gasteiger partial charge is 0.0952 e. The van der Waals surface area contributed by atoms with Crippen molar-refractivity contribution in [3.05, 3.63) is 18.2 Å². The van der Waals surface area contributed by atoms with Gasteiger partial charge in [-0.25, -0.2) is 4.98 Å². The summed E-state index contributed by atoms with van der Waals surface area (Å²) in [6.45, 7) is 1.97. The van der Waals surface area contributed by atoms with Crippen molar-refractivity contribution >= 4 is 0 Å². The molecule has 0 bridgehead atoms. The van der Waals surface area contributed by atoms with Crippen molar-refractivity contribution in [1.82, 2.24) is 9.55 Å². The fraction of sp³-hybridized carbons (Fsp3) is 0.667. The van der Waals surface area contributed by atoms with Crippen LogP contribution in [0.25, 0.3) is 0 Å². The van der Waals surface area contributed by atoms with E-state index in [1.807, 2.05) is 24.0 Å². The summed E-state index contributed by atoms with van der Waals surface area (Å²) in [5, 5.41) is 9.60. The van der Waals surface area contributed by atoms with Gasteiger partial charge < -0.3 is 9.67 Å². The highest BCUT2D eigenvalue weighted by Crippen LogP contribution is 2.29. The lowest BCUT2D eigenvalue weighted by Gasteiger charge is -2.15. The molecule has 0 spiro atoms. The zero-order valence-electron chi connectivity index (χ0n) is 7.27. The molecule has 1 aromatic rings. The van der Waals surface area contributed by atoms with Gasteiger partial charge in [-0.15, -0.1) is 0 Å². The van der Waals surface area contributed by atoms with E-state index in [2.05, 4.69) is 4.98 Å². The predicted octanol–water partition coefficient (Wildman–Crippen LogP) is 1.28. The maximum atomic E-state index is 9.60. The third-order valence-corrected chi connectivity index (χ3v) is 2.56. The van der Waals surface area contributed by atoms with Gasteiger partial charge in [0, 0.05) is 6.20 Å². The van der Waals surface area contributed by atoms with Crippen molar-refractivity contribution in [3.63, 3.8) is 0 Å². The second kappa shape index (κ2) is 2.90. The van der Waals surface area contributed by atoms with Gasteiger partial charge in [0.25, 0.3) is 0 Å². The Morgan fingerprint density at radius 2 is 2.42 bits per heavy atom. The summed E-state index contributed by atoms with van der Waals surface area (Å²) in [4.78, 5) is 4.15. The van der Waals surface area contributed by atoms with E-state index in [0.717, 1.165) is 25.0 Å². The van der Waals surface area contributed by atoms with Gasteiger partial charge in [-0.1, -0.05) is 0 Å². The van der Waals surface area contributed by atoms with Gasteiger partial charge in [-0.3, -0.25) is 0 Å². The number of aliphatic hydroxyl groups excluding tert-OH is 1. The van der Waals surface area contributed by atoms with Crippen molar-refractivity contribution in [2.45, 2.75) is 38.3 Å². The lowest BCUT2D eigenvalue weighted by Crippen LogP contribution is -2.16. The van der Waals surface area contributed by atoms with E-state index in [1.54, 1.807) is 0 Å². The zero-order chi connectivity index (χ0) is 8.55. The second-order valence-electron chi connectivity index (χ2n) is 3.53. The van der Waals surface area contributed by atoms with Gasteiger partial charge in [0.15, 0.2) is 0 Å². The third-order valence-electron chi connectivity index (χ3n) is 2.56. The van der Waals surface area contributed by atoms with E-state index >= 15 is 0 Å². The second-order valence-corrected chi connectivity index (χ2v) is 3.53. The lowest BCUT2D eigenvalue weighted by molar-refractivity contribution is 0.136. The Morgan fingerprint density at radius 3 is 2.92 bits per heavy atom. The summed E-state index contributed by atoms with van der Waals surface area (Å²) in [6, 6.07) is 0.270. The van der Waals surface area contributed by atoms with Crippen LogP contribution in [0, 0.1) is 6.92 Å². The van der Waals surface area contributed by atoms with Crippen LogP contribution in [0.5, 0.6) is 0 Å². The van der Waals surface area contributed by atoms with Crippen LogP contribution >= 0.6 is 0 Å². The van der Waals surface area contributed by atoms with Gasteiger partial charge in [0.05, 0.1) is 24.2 Å². The van der Waals surface area contributed by atoms with Crippen LogP contribution in [0.1, 0.15) is 31.0 Å². The number of aromatic nitrogens is 2. The van der Waals surface area contributed by atoms with Gasteiger partial charge in [0.1, 0.15) is 0 Å². The molecule has 1 aliphatic carbocycles. The Kier molecular flexibility index (Phi) is 1.89. The minimum Gasteiger partial charge on any atom is -0.391 e. The molecule has 0 aromatic carbocycles. The maximum Gasteiger partial charge on any atom is 0.0952 e. The highest BCUT2D eigenvalue weighted by atomic mass is 16.3. The third kappa shape index (κ3) is 1.25. The van der Waals surface area contributed by atoms with E-state index in [-0.39, 0.29) is 12.1 Å². The first-order valence-corrected chi connectivity index (χ1v) is 4.45. The molecule has 1 aromatic heterocycles. The summed E-state index contributed by atoms with van der Waals surface area (Å²) in [7, 11) is 0. The van der Waals surface area contributed by atoms with Gasteiger partial charge >= 0.3 is 0 Å². The van der Waals surface area contributed by atoms with Gasteiger partial charge in [0.2, 0.25) is 0 Å². The molecule has 0 saturated heterocycles. The summed E-state index contributed by atoms with van der Waals surface area (Å²) >= 11 is 0. The molecule has 1 saturated carbocycles. The van der Waals surface area contributed by atoms with Crippen molar-refractivity contribution in [3.8, 4) is 0 Å². The maximum absolute atomic E-state index is 9.60. The number of hydrogen-bond acceptors (Lipinski definition) is 2. The standard InChI is InChI=1S/C9H14N2O/c1-7-5-11(6-10-7)8-3-2-4-9(8)12/h5-6,8-9,12H,2-4H2,1H3/t8-,9-/m0/s1. The van der Waals surface area contributed by atoms with Crippen LogP contribution in [-0.2, 0) is 0 Å². The molecule has 66 valence electrons. The first kappa shape index (κ1) is 7.80. The average Bonchev–Trinajstić information content (AvgIpc) is 2.58. The minimum absolute atomic E-state index is 0.168. The van der Waals surface area contributed by atoms with Gasteiger partial charge in [-0.05, 0) is 26.2 Å². The Morgan fingerprint density at radius 1 is 1.58 bits per heavy atom. The number of rotatable bonds is 1. The zero-order valence-corrected chi connectivity index (χ0v) is 7.27. The molecular formula is C9H14N2O. The van der Waals surface area contributed by atoms with Crippen LogP contribution in [-0.4, -0.2) is 20.8 Å². The highest BCUT2D eigenvalue weighted by molar-refractivity contribution is 4.96. The molecule has 0 amide bonds. The minimum atomic E-state index is -0.168. The fourth-order valence-electron chi connectivity index (χ4n) is 1.89. The largest absolute Gasteiger partial charge is 0.391 e. The van der Waals surface area contributed by atoms with Crippen molar-refractivity contribution < 1.29 is 5.11 Å². The predicted molar refractivity (Wildman–Crippen MR) is 45.9 cm³/mol. The molecule has 2 atom stereocenters. The quantitative estimate of drug-likeness (QED) is 0.682. The fourth-order valence-corrected chi connectivity index (χ4v) is 1.89. The van der Waals surface area contributed by atoms with Crippen molar-refractivity contribution in [2.75, 3.05) is 0 Å². The molecule has 1 heterocycles. The Hall–Kier alpha value is -0.830. The van der Waals surface area contributed by atoms with E-state index in [9.17, 15) is 5.11 Å². The number of imidazole rings is 1. The van der Waals surface area contributed by atoms with E-state index in [1.165, 1.54) is 0 Å². The van der Waals surface area contributed by atoms with E-state index < -0.39 is 0 Å².